The topological polar surface area (TPSA) is 73.9 Å². The van der Waals surface area contributed by atoms with Gasteiger partial charge in [0.2, 0.25) is 0 Å². The molecule has 0 saturated heterocycles. The summed E-state index contributed by atoms with van der Waals surface area (Å²) < 4.78 is 1.62. The van der Waals surface area contributed by atoms with E-state index in [9.17, 15) is 4.79 Å². The summed E-state index contributed by atoms with van der Waals surface area (Å²) in [6.45, 7) is 0. The number of rotatable bonds is 1. The Bertz CT molecular complexity index is 1100. The second kappa shape index (κ2) is 4.57. The molecular weight excluding hydrogens is 276 g/mol. The van der Waals surface area contributed by atoms with Crippen molar-refractivity contribution in [3.8, 4) is 17.3 Å². The Morgan fingerprint density at radius 3 is 2.64 bits per heavy atom. The van der Waals surface area contributed by atoms with E-state index in [0.29, 0.717) is 16.6 Å². The number of fused-ring (bicyclic) bond motifs is 3. The lowest BCUT2D eigenvalue weighted by Gasteiger charge is -2.01. The number of aromatic nitrogens is 3. The van der Waals surface area contributed by atoms with Crippen LogP contribution in [0.5, 0.6) is 0 Å². The highest BCUT2D eigenvalue weighted by molar-refractivity contribution is 5.80. The minimum atomic E-state index is -0.225. The van der Waals surface area contributed by atoms with Crippen molar-refractivity contribution in [1.82, 2.24) is 14.6 Å². The average Bonchev–Trinajstić information content (AvgIpc) is 3.01. The third-order valence-electron chi connectivity index (χ3n) is 3.61. The largest absolute Gasteiger partial charge is 0.319 e. The van der Waals surface area contributed by atoms with Crippen LogP contribution in [0.15, 0.2) is 59.4 Å². The number of hydrogen-bond donors (Lipinski definition) is 1. The lowest BCUT2D eigenvalue weighted by atomic mass is 10.1. The predicted octanol–water partition coefficient (Wildman–Crippen LogP) is 2.71. The Balaban J connectivity index is 2.07. The van der Waals surface area contributed by atoms with Gasteiger partial charge in [0.1, 0.15) is 5.52 Å². The molecule has 0 spiro atoms. The van der Waals surface area contributed by atoms with E-state index >= 15 is 0 Å². The fourth-order valence-corrected chi connectivity index (χ4v) is 2.55. The van der Waals surface area contributed by atoms with Crippen molar-refractivity contribution in [2.75, 3.05) is 0 Å². The van der Waals surface area contributed by atoms with Gasteiger partial charge in [0, 0.05) is 5.56 Å². The SMILES string of the molecule is N#Cc1ccc2c(c1)[nH]c(=O)c1cc(-c3ccccc3)nn12. The molecule has 2 heterocycles. The monoisotopic (exact) mass is 286 g/mol. The summed E-state index contributed by atoms with van der Waals surface area (Å²) in [6.07, 6.45) is 0. The van der Waals surface area contributed by atoms with Crippen molar-refractivity contribution in [3.63, 3.8) is 0 Å². The smallest absolute Gasteiger partial charge is 0.274 e. The summed E-state index contributed by atoms with van der Waals surface area (Å²) >= 11 is 0. The van der Waals surface area contributed by atoms with Gasteiger partial charge in [0.05, 0.1) is 28.4 Å². The van der Waals surface area contributed by atoms with Crippen molar-refractivity contribution >= 4 is 16.6 Å². The van der Waals surface area contributed by atoms with Gasteiger partial charge >= 0.3 is 0 Å². The first kappa shape index (κ1) is 12.4. The number of H-pyrrole nitrogens is 1. The fraction of sp³-hybridized carbons (Fsp3) is 0. The van der Waals surface area contributed by atoms with E-state index in [-0.39, 0.29) is 5.56 Å². The fourth-order valence-electron chi connectivity index (χ4n) is 2.55. The minimum Gasteiger partial charge on any atom is -0.319 e. The molecule has 5 heteroatoms. The van der Waals surface area contributed by atoms with E-state index in [4.69, 9.17) is 5.26 Å². The first-order valence-electron chi connectivity index (χ1n) is 6.77. The molecule has 0 saturated carbocycles. The van der Waals surface area contributed by atoms with Gasteiger partial charge in [-0.25, -0.2) is 4.52 Å². The summed E-state index contributed by atoms with van der Waals surface area (Å²) in [5.74, 6) is 0. The van der Waals surface area contributed by atoms with E-state index in [2.05, 4.69) is 16.2 Å². The summed E-state index contributed by atoms with van der Waals surface area (Å²) in [5, 5.41) is 13.5. The summed E-state index contributed by atoms with van der Waals surface area (Å²) in [6, 6.07) is 18.7. The molecule has 0 radical (unpaired) electrons. The third kappa shape index (κ3) is 1.79. The molecule has 4 aromatic rings. The van der Waals surface area contributed by atoms with Gasteiger partial charge in [-0.15, -0.1) is 0 Å². The highest BCUT2D eigenvalue weighted by atomic mass is 16.1. The maximum absolute atomic E-state index is 12.2. The van der Waals surface area contributed by atoms with Gasteiger partial charge in [0.15, 0.2) is 0 Å². The second-order valence-corrected chi connectivity index (χ2v) is 4.99. The molecule has 0 amide bonds. The van der Waals surface area contributed by atoms with E-state index in [1.807, 2.05) is 30.3 Å². The molecule has 5 nitrogen and oxygen atoms in total. The van der Waals surface area contributed by atoms with E-state index < -0.39 is 0 Å². The molecule has 4 rings (SSSR count). The quantitative estimate of drug-likeness (QED) is 0.584. The Labute approximate surface area is 125 Å². The number of aromatic amines is 1. The number of nitrogens with one attached hydrogen (secondary N) is 1. The molecule has 104 valence electrons. The van der Waals surface area contributed by atoms with E-state index in [1.54, 1.807) is 28.8 Å². The van der Waals surface area contributed by atoms with Crippen LogP contribution < -0.4 is 5.56 Å². The van der Waals surface area contributed by atoms with E-state index in [1.165, 1.54) is 0 Å². The van der Waals surface area contributed by atoms with Crippen molar-refractivity contribution in [3.05, 3.63) is 70.5 Å². The van der Waals surface area contributed by atoms with Crippen molar-refractivity contribution in [2.24, 2.45) is 0 Å². The zero-order chi connectivity index (χ0) is 15.1. The van der Waals surface area contributed by atoms with E-state index in [0.717, 1.165) is 16.8 Å². The van der Waals surface area contributed by atoms with Gasteiger partial charge < -0.3 is 4.98 Å². The number of nitriles is 1. The van der Waals surface area contributed by atoms with Crippen LogP contribution in [0.2, 0.25) is 0 Å². The number of hydrogen-bond acceptors (Lipinski definition) is 3. The molecule has 1 N–H and O–H groups in total. The predicted molar refractivity (Wildman–Crippen MR) is 83.5 cm³/mol. The van der Waals surface area contributed by atoms with Gasteiger partial charge in [-0.2, -0.15) is 10.4 Å². The van der Waals surface area contributed by atoms with Crippen LogP contribution in [0.1, 0.15) is 5.56 Å². The molecular formula is C17H10N4O. The van der Waals surface area contributed by atoms with Crippen molar-refractivity contribution in [2.45, 2.75) is 0 Å². The molecule has 0 aliphatic rings. The van der Waals surface area contributed by atoms with Crippen molar-refractivity contribution in [1.29, 1.82) is 5.26 Å². The molecule has 0 fully saturated rings. The van der Waals surface area contributed by atoms with Crippen LogP contribution in [-0.2, 0) is 0 Å². The Morgan fingerprint density at radius 2 is 1.86 bits per heavy atom. The highest BCUT2D eigenvalue weighted by Crippen LogP contribution is 2.20. The number of benzene rings is 2. The average molecular weight is 286 g/mol. The standard InChI is InChI=1S/C17H10N4O/c18-10-11-6-7-15-14(8-11)19-17(22)16-9-13(20-21(15)16)12-4-2-1-3-5-12/h1-9H,(H,19,22). The summed E-state index contributed by atoms with van der Waals surface area (Å²) in [7, 11) is 0. The van der Waals surface area contributed by atoms with Gasteiger partial charge in [-0.1, -0.05) is 30.3 Å². The van der Waals surface area contributed by atoms with Crippen LogP contribution in [0.4, 0.5) is 0 Å². The Morgan fingerprint density at radius 1 is 1.05 bits per heavy atom. The van der Waals surface area contributed by atoms with Crippen LogP contribution in [0.3, 0.4) is 0 Å². The van der Waals surface area contributed by atoms with Crippen LogP contribution in [0, 0.1) is 11.3 Å². The summed E-state index contributed by atoms with van der Waals surface area (Å²) in [5.41, 5.74) is 3.80. The minimum absolute atomic E-state index is 0.225. The molecule has 0 unspecified atom stereocenters. The van der Waals surface area contributed by atoms with Crippen molar-refractivity contribution < 1.29 is 0 Å². The maximum Gasteiger partial charge on any atom is 0.274 e. The zero-order valence-corrected chi connectivity index (χ0v) is 11.4. The first-order chi connectivity index (χ1) is 10.8. The third-order valence-corrected chi connectivity index (χ3v) is 3.61. The molecule has 0 bridgehead atoms. The second-order valence-electron chi connectivity index (χ2n) is 4.99. The maximum atomic E-state index is 12.2. The molecule has 2 aromatic carbocycles. The lowest BCUT2D eigenvalue weighted by Crippen LogP contribution is -2.10. The first-order valence-corrected chi connectivity index (χ1v) is 6.77. The van der Waals surface area contributed by atoms with Crippen LogP contribution >= 0.6 is 0 Å². The molecule has 22 heavy (non-hydrogen) atoms. The lowest BCUT2D eigenvalue weighted by molar-refractivity contribution is 0.991. The molecule has 0 aliphatic heterocycles. The molecule has 0 atom stereocenters. The van der Waals surface area contributed by atoms with Crippen LogP contribution in [0.25, 0.3) is 27.8 Å². The zero-order valence-electron chi connectivity index (χ0n) is 11.4. The number of nitrogens with zero attached hydrogens (tertiary/aromatic N) is 3. The Kier molecular flexibility index (Phi) is 2.57. The molecule has 2 aromatic heterocycles. The Hall–Kier alpha value is -3.39. The van der Waals surface area contributed by atoms with Gasteiger partial charge in [-0.05, 0) is 24.3 Å². The highest BCUT2D eigenvalue weighted by Gasteiger charge is 2.10. The van der Waals surface area contributed by atoms with Gasteiger partial charge in [-0.3, -0.25) is 4.79 Å². The molecule has 0 aliphatic carbocycles. The normalized spacial score (nSPS) is 10.9. The van der Waals surface area contributed by atoms with Crippen LogP contribution in [-0.4, -0.2) is 14.6 Å². The van der Waals surface area contributed by atoms with Gasteiger partial charge in [0.25, 0.3) is 5.56 Å². The summed E-state index contributed by atoms with van der Waals surface area (Å²) in [4.78, 5) is 15.0.